The Morgan fingerprint density at radius 3 is 2.57 bits per heavy atom. The maximum absolute atomic E-state index is 12.9. The van der Waals surface area contributed by atoms with E-state index in [2.05, 4.69) is 33.0 Å². The predicted octanol–water partition coefficient (Wildman–Crippen LogP) is 2.72. The van der Waals surface area contributed by atoms with Gasteiger partial charge in [-0.2, -0.15) is 11.3 Å². The summed E-state index contributed by atoms with van der Waals surface area (Å²) in [7, 11) is -1.47. The van der Waals surface area contributed by atoms with E-state index in [1.54, 1.807) is 29.5 Å². The van der Waals surface area contributed by atoms with E-state index >= 15 is 0 Å². The second kappa shape index (κ2) is 9.37. The molecule has 1 aromatic heterocycles. The zero-order chi connectivity index (χ0) is 20.1. The maximum atomic E-state index is 12.9. The van der Waals surface area contributed by atoms with E-state index in [0.29, 0.717) is 13.2 Å². The summed E-state index contributed by atoms with van der Waals surface area (Å²) in [6.45, 7) is 8.53. The first-order valence-electron chi connectivity index (χ1n) is 9.58. The number of benzene rings is 1. The van der Waals surface area contributed by atoms with E-state index in [9.17, 15) is 8.42 Å². The Hall–Kier alpha value is -1.45. The van der Waals surface area contributed by atoms with Crippen LogP contribution in [0.25, 0.3) is 0 Å². The molecule has 1 aliphatic heterocycles. The number of likely N-dealkylation sites (N-methyl/N-ethyl adjacent to an activating group) is 1. The average Bonchev–Trinajstić information content (AvgIpc) is 3.19. The van der Waals surface area contributed by atoms with E-state index in [-0.39, 0.29) is 10.9 Å². The van der Waals surface area contributed by atoms with Crippen LogP contribution in [0, 0.1) is 6.92 Å². The molecule has 154 valence electrons. The number of hydrogen-bond acceptors (Lipinski definition) is 6. The molecule has 1 unspecified atom stereocenters. The minimum absolute atomic E-state index is 0.0403. The van der Waals surface area contributed by atoms with Crippen LogP contribution < -0.4 is 9.46 Å². The fourth-order valence-corrected chi connectivity index (χ4v) is 5.26. The molecule has 2 aromatic rings. The van der Waals surface area contributed by atoms with E-state index < -0.39 is 10.0 Å². The zero-order valence-electron chi connectivity index (χ0n) is 16.7. The van der Waals surface area contributed by atoms with Gasteiger partial charge in [-0.3, -0.25) is 4.90 Å². The van der Waals surface area contributed by atoms with Gasteiger partial charge in [-0.15, -0.1) is 0 Å². The first-order chi connectivity index (χ1) is 13.4. The lowest BCUT2D eigenvalue weighted by atomic mass is 10.1. The van der Waals surface area contributed by atoms with Crippen molar-refractivity contribution < 1.29 is 13.2 Å². The highest BCUT2D eigenvalue weighted by Crippen LogP contribution is 2.25. The number of nitrogens with one attached hydrogen (secondary N) is 1. The standard InChI is InChI=1S/C20H29N3O3S2/c1-4-26-20-6-5-18(13-16(20)2)28(24,25)21-14-19(17-7-12-27-15-17)23-10-8-22(3)9-11-23/h5-7,12-13,15,19,21H,4,8-11,14H2,1-3H3. The first kappa shape index (κ1) is 21.3. The first-order valence-corrected chi connectivity index (χ1v) is 12.0. The molecule has 8 heteroatoms. The molecule has 0 radical (unpaired) electrons. The highest BCUT2D eigenvalue weighted by molar-refractivity contribution is 7.89. The van der Waals surface area contributed by atoms with Gasteiger partial charge in [0.2, 0.25) is 10.0 Å². The molecule has 1 fully saturated rings. The number of aryl methyl sites for hydroxylation is 1. The fraction of sp³-hybridized carbons (Fsp3) is 0.500. The molecular formula is C20H29N3O3S2. The molecule has 1 atom stereocenters. The largest absolute Gasteiger partial charge is 0.494 e. The molecular weight excluding hydrogens is 394 g/mol. The lowest BCUT2D eigenvalue weighted by Gasteiger charge is -2.37. The number of thiophene rings is 1. The normalized spacial score (nSPS) is 17.5. The van der Waals surface area contributed by atoms with Crippen molar-refractivity contribution in [1.29, 1.82) is 0 Å². The summed E-state index contributed by atoms with van der Waals surface area (Å²) in [6.07, 6.45) is 0. The molecule has 1 saturated heterocycles. The van der Waals surface area contributed by atoms with E-state index in [4.69, 9.17) is 4.74 Å². The number of nitrogens with zero attached hydrogens (tertiary/aromatic N) is 2. The van der Waals surface area contributed by atoms with Gasteiger partial charge in [0.25, 0.3) is 0 Å². The summed E-state index contributed by atoms with van der Waals surface area (Å²) in [5, 5.41) is 4.15. The van der Waals surface area contributed by atoms with Crippen LogP contribution in [-0.2, 0) is 10.0 Å². The molecule has 3 rings (SSSR count). The van der Waals surface area contributed by atoms with Crippen molar-refractivity contribution in [3.8, 4) is 5.75 Å². The van der Waals surface area contributed by atoms with Gasteiger partial charge in [-0.25, -0.2) is 13.1 Å². The Balaban J connectivity index is 1.74. The minimum Gasteiger partial charge on any atom is -0.494 e. The average molecular weight is 424 g/mol. The molecule has 0 spiro atoms. The smallest absolute Gasteiger partial charge is 0.240 e. The van der Waals surface area contributed by atoms with Crippen LogP contribution in [0.3, 0.4) is 0 Å². The summed E-state index contributed by atoms with van der Waals surface area (Å²) in [5.74, 6) is 0.718. The Morgan fingerprint density at radius 1 is 1.21 bits per heavy atom. The quantitative estimate of drug-likeness (QED) is 0.707. The van der Waals surface area contributed by atoms with Crippen molar-refractivity contribution in [3.63, 3.8) is 0 Å². The third-order valence-electron chi connectivity index (χ3n) is 5.13. The van der Waals surface area contributed by atoms with Crippen LogP contribution in [0.1, 0.15) is 24.1 Å². The molecule has 1 aromatic carbocycles. The van der Waals surface area contributed by atoms with Crippen molar-refractivity contribution in [2.24, 2.45) is 0 Å². The molecule has 0 aliphatic carbocycles. The molecule has 28 heavy (non-hydrogen) atoms. The van der Waals surface area contributed by atoms with Gasteiger partial charge < -0.3 is 9.64 Å². The highest BCUT2D eigenvalue weighted by atomic mass is 32.2. The predicted molar refractivity (Wildman–Crippen MR) is 114 cm³/mol. The van der Waals surface area contributed by atoms with Crippen molar-refractivity contribution in [3.05, 3.63) is 46.2 Å². The lowest BCUT2D eigenvalue weighted by molar-refractivity contribution is 0.113. The van der Waals surface area contributed by atoms with Gasteiger partial charge in [-0.05, 0) is 67.0 Å². The van der Waals surface area contributed by atoms with Gasteiger partial charge in [0.1, 0.15) is 5.75 Å². The molecule has 1 aliphatic rings. The summed E-state index contributed by atoms with van der Waals surface area (Å²) in [6, 6.07) is 7.13. The van der Waals surface area contributed by atoms with E-state index in [1.165, 1.54) is 5.56 Å². The summed E-state index contributed by atoms with van der Waals surface area (Å²) >= 11 is 1.64. The summed E-state index contributed by atoms with van der Waals surface area (Å²) in [4.78, 5) is 4.94. The van der Waals surface area contributed by atoms with Crippen LogP contribution in [0.2, 0.25) is 0 Å². The summed E-state index contributed by atoms with van der Waals surface area (Å²) < 4.78 is 34.1. The third-order valence-corrected chi connectivity index (χ3v) is 7.25. The molecule has 0 saturated carbocycles. The Morgan fingerprint density at radius 2 is 1.96 bits per heavy atom. The summed E-state index contributed by atoms with van der Waals surface area (Å²) in [5.41, 5.74) is 1.98. The minimum atomic E-state index is -3.59. The molecule has 6 nitrogen and oxygen atoms in total. The van der Waals surface area contributed by atoms with Crippen LogP contribution in [-0.4, -0.2) is 64.6 Å². The SMILES string of the molecule is CCOc1ccc(S(=O)(=O)NCC(c2ccsc2)N2CCN(C)CC2)cc1C. The maximum Gasteiger partial charge on any atom is 0.240 e. The Bertz CT molecular complexity index is 861. The van der Waals surface area contributed by atoms with Crippen LogP contribution in [0.5, 0.6) is 5.75 Å². The number of piperazine rings is 1. The topological polar surface area (TPSA) is 61.9 Å². The van der Waals surface area contributed by atoms with E-state index in [1.807, 2.05) is 19.2 Å². The second-order valence-electron chi connectivity index (χ2n) is 7.12. The zero-order valence-corrected chi connectivity index (χ0v) is 18.4. The number of hydrogen-bond donors (Lipinski definition) is 1. The number of sulfonamides is 1. The van der Waals surface area contributed by atoms with Crippen LogP contribution in [0.4, 0.5) is 0 Å². The Kier molecular flexibility index (Phi) is 7.11. The second-order valence-corrected chi connectivity index (χ2v) is 9.67. The van der Waals surface area contributed by atoms with Crippen molar-refractivity contribution in [2.75, 3.05) is 46.4 Å². The van der Waals surface area contributed by atoms with Crippen LogP contribution in [0.15, 0.2) is 39.9 Å². The monoisotopic (exact) mass is 423 g/mol. The molecule has 0 bridgehead atoms. The molecule has 2 heterocycles. The number of rotatable bonds is 8. The van der Waals surface area contributed by atoms with Gasteiger partial charge in [0, 0.05) is 38.8 Å². The third kappa shape index (κ3) is 5.12. The van der Waals surface area contributed by atoms with Crippen LogP contribution >= 0.6 is 11.3 Å². The Labute approximate surface area is 172 Å². The van der Waals surface area contributed by atoms with Gasteiger partial charge in [0.15, 0.2) is 0 Å². The highest BCUT2D eigenvalue weighted by Gasteiger charge is 2.26. The van der Waals surface area contributed by atoms with Gasteiger partial charge >= 0.3 is 0 Å². The molecule has 1 N–H and O–H groups in total. The van der Waals surface area contributed by atoms with Gasteiger partial charge in [0.05, 0.1) is 11.5 Å². The van der Waals surface area contributed by atoms with Crippen molar-refractivity contribution in [1.82, 2.24) is 14.5 Å². The molecule has 0 amide bonds. The fourth-order valence-electron chi connectivity index (χ4n) is 3.43. The van der Waals surface area contributed by atoms with Crippen molar-refractivity contribution in [2.45, 2.75) is 24.8 Å². The van der Waals surface area contributed by atoms with Gasteiger partial charge in [-0.1, -0.05) is 0 Å². The van der Waals surface area contributed by atoms with E-state index in [0.717, 1.165) is 37.5 Å². The lowest BCUT2D eigenvalue weighted by Crippen LogP contribution is -2.48. The number of ether oxygens (including phenoxy) is 1. The van der Waals surface area contributed by atoms with Crippen molar-refractivity contribution >= 4 is 21.4 Å².